The molecule has 1 N–H and O–H groups in total. The summed E-state index contributed by atoms with van der Waals surface area (Å²) in [7, 11) is 1.48. The SMILES string of the molecule is COc1ccc(/C(O)=C2\CN(c3ccc(C(F)(F)F)cc3)C(=O)C2=O)cc1. The molecule has 5 nitrogen and oxygen atoms in total. The third kappa shape index (κ3) is 3.51. The Morgan fingerprint density at radius 2 is 1.63 bits per heavy atom. The maximum absolute atomic E-state index is 12.7. The number of nitrogens with zero attached hydrogens (tertiary/aromatic N) is 1. The first-order valence-corrected chi connectivity index (χ1v) is 7.82. The van der Waals surface area contributed by atoms with Crippen molar-refractivity contribution in [2.24, 2.45) is 0 Å². The fraction of sp³-hybridized carbons (Fsp3) is 0.158. The van der Waals surface area contributed by atoms with Crippen molar-refractivity contribution in [1.29, 1.82) is 0 Å². The van der Waals surface area contributed by atoms with Gasteiger partial charge in [0.15, 0.2) is 0 Å². The zero-order valence-electron chi connectivity index (χ0n) is 14.1. The average Bonchev–Trinajstić information content (AvgIpc) is 2.96. The van der Waals surface area contributed by atoms with Crippen molar-refractivity contribution in [3.05, 3.63) is 65.2 Å². The van der Waals surface area contributed by atoms with Crippen molar-refractivity contribution < 1.29 is 32.6 Å². The molecule has 1 saturated heterocycles. The number of anilines is 1. The molecular formula is C19H14F3NO4. The topological polar surface area (TPSA) is 66.8 Å². The van der Waals surface area contributed by atoms with Crippen molar-refractivity contribution >= 4 is 23.1 Å². The first-order chi connectivity index (χ1) is 12.7. The van der Waals surface area contributed by atoms with E-state index < -0.39 is 23.4 Å². The van der Waals surface area contributed by atoms with Gasteiger partial charge >= 0.3 is 6.18 Å². The number of aliphatic hydroxyl groups is 1. The third-order valence-corrected chi connectivity index (χ3v) is 4.19. The first-order valence-electron chi connectivity index (χ1n) is 7.82. The molecule has 2 aromatic carbocycles. The number of amides is 1. The number of hydrogen-bond donors (Lipinski definition) is 1. The molecule has 0 aromatic heterocycles. The first kappa shape index (κ1) is 18.5. The molecule has 0 saturated carbocycles. The Labute approximate surface area is 152 Å². The van der Waals surface area contributed by atoms with Gasteiger partial charge in [0.1, 0.15) is 11.5 Å². The monoisotopic (exact) mass is 377 g/mol. The molecule has 27 heavy (non-hydrogen) atoms. The summed E-state index contributed by atoms with van der Waals surface area (Å²) < 4.78 is 43.0. The highest BCUT2D eigenvalue weighted by atomic mass is 19.4. The molecule has 2 aromatic rings. The Bertz CT molecular complexity index is 915. The summed E-state index contributed by atoms with van der Waals surface area (Å²) in [5.74, 6) is -1.62. The molecule has 0 unspecified atom stereocenters. The largest absolute Gasteiger partial charge is 0.507 e. The van der Waals surface area contributed by atoms with Gasteiger partial charge in [0, 0.05) is 11.3 Å². The smallest absolute Gasteiger partial charge is 0.416 e. The molecule has 3 rings (SSSR count). The quantitative estimate of drug-likeness (QED) is 0.504. The zero-order chi connectivity index (χ0) is 19.8. The normalized spacial score (nSPS) is 16.7. The van der Waals surface area contributed by atoms with Gasteiger partial charge in [-0.15, -0.1) is 0 Å². The van der Waals surface area contributed by atoms with E-state index in [0.29, 0.717) is 11.3 Å². The van der Waals surface area contributed by atoms with Crippen LogP contribution >= 0.6 is 0 Å². The maximum Gasteiger partial charge on any atom is 0.416 e. The maximum atomic E-state index is 12.7. The summed E-state index contributed by atoms with van der Waals surface area (Å²) in [5.41, 5.74) is -0.522. The fourth-order valence-electron chi connectivity index (χ4n) is 2.70. The standard InChI is InChI=1S/C19H14F3NO4/c1-27-14-8-2-11(3-9-14)16(24)15-10-23(18(26)17(15)25)13-6-4-12(5-7-13)19(20,21)22/h2-9,24H,10H2,1H3/b16-15-. The molecule has 1 aliphatic rings. The minimum absolute atomic E-state index is 0.120. The second-order valence-electron chi connectivity index (χ2n) is 5.82. The molecular weight excluding hydrogens is 363 g/mol. The molecule has 0 aliphatic carbocycles. The van der Waals surface area contributed by atoms with Gasteiger partial charge in [0.2, 0.25) is 0 Å². The van der Waals surface area contributed by atoms with Gasteiger partial charge in [-0.2, -0.15) is 13.2 Å². The van der Waals surface area contributed by atoms with Gasteiger partial charge in [0.05, 0.1) is 24.8 Å². The van der Waals surface area contributed by atoms with Crippen LogP contribution in [0.4, 0.5) is 18.9 Å². The van der Waals surface area contributed by atoms with Gasteiger partial charge in [-0.25, -0.2) is 0 Å². The second-order valence-corrected chi connectivity index (χ2v) is 5.82. The van der Waals surface area contributed by atoms with Crippen LogP contribution in [0.2, 0.25) is 0 Å². The summed E-state index contributed by atoms with van der Waals surface area (Å²) in [5, 5.41) is 10.4. The lowest BCUT2D eigenvalue weighted by Crippen LogP contribution is -2.26. The van der Waals surface area contributed by atoms with E-state index in [9.17, 15) is 27.9 Å². The number of alkyl halides is 3. The number of Topliss-reactive ketones (excluding diaryl/α,β-unsaturated/α-hetero) is 1. The number of ketones is 1. The lowest BCUT2D eigenvalue weighted by atomic mass is 10.1. The molecule has 0 spiro atoms. The lowest BCUT2D eigenvalue weighted by molar-refractivity contribution is -0.137. The number of rotatable bonds is 3. The third-order valence-electron chi connectivity index (χ3n) is 4.19. The molecule has 0 radical (unpaired) electrons. The molecule has 1 fully saturated rings. The van der Waals surface area contributed by atoms with E-state index in [1.54, 1.807) is 12.1 Å². The van der Waals surface area contributed by atoms with E-state index >= 15 is 0 Å². The molecule has 8 heteroatoms. The number of methoxy groups -OCH3 is 1. The summed E-state index contributed by atoms with van der Waals surface area (Å²) in [4.78, 5) is 25.5. The number of carbonyl (C=O) groups is 2. The number of hydrogen-bond acceptors (Lipinski definition) is 4. The highest BCUT2D eigenvalue weighted by molar-refractivity contribution is 6.51. The van der Waals surface area contributed by atoms with Gasteiger partial charge < -0.3 is 14.7 Å². The van der Waals surface area contributed by atoms with E-state index in [0.717, 1.165) is 29.2 Å². The Morgan fingerprint density at radius 3 is 2.15 bits per heavy atom. The van der Waals surface area contributed by atoms with Crippen LogP contribution in [-0.2, 0) is 15.8 Å². The van der Waals surface area contributed by atoms with Crippen molar-refractivity contribution in [3.8, 4) is 5.75 Å². The summed E-state index contributed by atoms with van der Waals surface area (Å²) in [6.07, 6.45) is -4.50. The van der Waals surface area contributed by atoms with E-state index in [1.165, 1.54) is 19.2 Å². The highest BCUT2D eigenvalue weighted by Gasteiger charge is 2.38. The summed E-state index contributed by atoms with van der Waals surface area (Å²) in [6.45, 7) is -0.235. The molecule has 1 amide bonds. The van der Waals surface area contributed by atoms with Crippen LogP contribution in [0.5, 0.6) is 5.75 Å². The predicted octanol–water partition coefficient (Wildman–Crippen LogP) is 3.60. The molecule has 1 heterocycles. The van der Waals surface area contributed by atoms with E-state index in [4.69, 9.17) is 4.74 Å². The average molecular weight is 377 g/mol. The van der Waals surface area contributed by atoms with Crippen molar-refractivity contribution in [1.82, 2.24) is 0 Å². The molecule has 140 valence electrons. The number of aliphatic hydroxyl groups excluding tert-OH is 1. The Kier molecular flexibility index (Phi) is 4.65. The van der Waals surface area contributed by atoms with Gasteiger partial charge in [0.25, 0.3) is 11.7 Å². The summed E-state index contributed by atoms with van der Waals surface area (Å²) >= 11 is 0. The van der Waals surface area contributed by atoms with Crippen LogP contribution in [0.25, 0.3) is 5.76 Å². The van der Waals surface area contributed by atoms with E-state index in [2.05, 4.69) is 0 Å². The second kappa shape index (κ2) is 6.79. The van der Waals surface area contributed by atoms with Crippen molar-refractivity contribution in [2.75, 3.05) is 18.6 Å². The molecule has 0 bridgehead atoms. The van der Waals surface area contributed by atoms with Crippen LogP contribution in [0.15, 0.2) is 54.1 Å². The summed E-state index contributed by atoms with van der Waals surface area (Å²) in [6, 6.07) is 10.1. The van der Waals surface area contributed by atoms with Gasteiger partial charge in [-0.1, -0.05) is 0 Å². The van der Waals surface area contributed by atoms with Gasteiger partial charge in [-0.05, 0) is 48.5 Å². The Morgan fingerprint density at radius 1 is 1.04 bits per heavy atom. The van der Waals surface area contributed by atoms with Crippen LogP contribution in [0, 0.1) is 0 Å². The van der Waals surface area contributed by atoms with Crippen LogP contribution in [-0.4, -0.2) is 30.5 Å². The minimum atomic E-state index is -4.50. The minimum Gasteiger partial charge on any atom is -0.507 e. The number of halogens is 3. The highest BCUT2D eigenvalue weighted by Crippen LogP contribution is 2.32. The molecule has 0 atom stereocenters. The van der Waals surface area contributed by atoms with Crippen LogP contribution in [0.1, 0.15) is 11.1 Å². The zero-order valence-corrected chi connectivity index (χ0v) is 14.1. The van der Waals surface area contributed by atoms with Gasteiger partial charge in [-0.3, -0.25) is 9.59 Å². The predicted molar refractivity (Wildman–Crippen MR) is 91.3 cm³/mol. The fourth-order valence-corrected chi connectivity index (χ4v) is 2.70. The van der Waals surface area contributed by atoms with Crippen LogP contribution in [0.3, 0.4) is 0 Å². The van der Waals surface area contributed by atoms with Crippen LogP contribution < -0.4 is 9.64 Å². The molecule has 1 aliphatic heterocycles. The number of ether oxygens (including phenoxy) is 1. The Hall–Kier alpha value is -3.29. The number of carbonyl (C=O) groups excluding carboxylic acids is 2. The number of benzene rings is 2. The van der Waals surface area contributed by atoms with E-state index in [1.807, 2.05) is 0 Å². The Balaban J connectivity index is 1.91. The lowest BCUT2D eigenvalue weighted by Gasteiger charge is -2.15. The van der Waals surface area contributed by atoms with Crippen molar-refractivity contribution in [2.45, 2.75) is 6.18 Å². The van der Waals surface area contributed by atoms with Crippen molar-refractivity contribution in [3.63, 3.8) is 0 Å². The van der Waals surface area contributed by atoms with E-state index in [-0.39, 0.29) is 23.6 Å².